The largest absolute Gasteiger partial charge is 0.325 e. The second kappa shape index (κ2) is 5.49. The van der Waals surface area contributed by atoms with E-state index >= 15 is 0 Å². The van der Waals surface area contributed by atoms with Gasteiger partial charge in [0.15, 0.2) is 0 Å². The maximum absolute atomic E-state index is 6.65. The van der Waals surface area contributed by atoms with E-state index in [1.54, 1.807) is 0 Å². The molecule has 2 N–H and O–H groups in total. The van der Waals surface area contributed by atoms with Gasteiger partial charge in [0.05, 0.1) is 0 Å². The Bertz CT molecular complexity index is 380. The summed E-state index contributed by atoms with van der Waals surface area (Å²) in [5, 5.41) is 0. The van der Waals surface area contributed by atoms with Crippen LogP contribution in [0, 0.1) is 5.92 Å². The normalized spacial score (nSPS) is 29.2. The van der Waals surface area contributed by atoms with Gasteiger partial charge in [-0.2, -0.15) is 0 Å². The van der Waals surface area contributed by atoms with Crippen LogP contribution < -0.4 is 5.73 Å². The summed E-state index contributed by atoms with van der Waals surface area (Å²) in [6.07, 6.45) is 11.0. The van der Waals surface area contributed by atoms with Crippen LogP contribution in [0.15, 0.2) is 22.9 Å². The first-order valence-corrected chi connectivity index (χ1v) is 7.31. The van der Waals surface area contributed by atoms with Crippen LogP contribution in [0.4, 0.5) is 0 Å². The van der Waals surface area contributed by atoms with Crippen LogP contribution in [-0.2, 0) is 6.42 Å². The predicted molar refractivity (Wildman–Crippen MR) is 74.8 cm³/mol. The topological polar surface area (TPSA) is 38.9 Å². The fourth-order valence-electron chi connectivity index (χ4n) is 3.11. The molecule has 0 amide bonds. The van der Waals surface area contributed by atoms with Crippen molar-refractivity contribution < 1.29 is 0 Å². The van der Waals surface area contributed by atoms with Gasteiger partial charge in [-0.15, -0.1) is 0 Å². The van der Waals surface area contributed by atoms with Gasteiger partial charge in [0.2, 0.25) is 0 Å². The summed E-state index contributed by atoms with van der Waals surface area (Å²) in [6.45, 7) is 2.26. The molecule has 1 saturated carbocycles. The molecule has 2 rings (SSSR count). The van der Waals surface area contributed by atoms with Crippen LogP contribution in [0.5, 0.6) is 0 Å². The lowest BCUT2D eigenvalue weighted by atomic mass is 9.69. The van der Waals surface area contributed by atoms with Crippen LogP contribution in [-0.4, -0.2) is 10.5 Å². The van der Waals surface area contributed by atoms with Gasteiger partial charge in [0, 0.05) is 22.4 Å². The van der Waals surface area contributed by atoms with Crippen LogP contribution >= 0.6 is 15.9 Å². The van der Waals surface area contributed by atoms with Crippen molar-refractivity contribution in [2.45, 2.75) is 51.0 Å². The maximum Gasteiger partial charge on any atom is 0.0410 e. The smallest absolute Gasteiger partial charge is 0.0410 e. The number of hydrogen-bond acceptors (Lipinski definition) is 2. The molecule has 0 aromatic carbocycles. The molecule has 2 nitrogen and oxygen atoms in total. The lowest BCUT2D eigenvalue weighted by Gasteiger charge is -2.41. The summed E-state index contributed by atoms with van der Waals surface area (Å²) in [5.41, 5.74) is 7.89. The molecular weight excluding hydrogens is 276 g/mol. The predicted octanol–water partition coefficient (Wildman–Crippen LogP) is 3.68. The third-order valence-electron chi connectivity index (χ3n) is 4.05. The highest BCUT2D eigenvalue weighted by atomic mass is 79.9. The van der Waals surface area contributed by atoms with E-state index in [4.69, 9.17) is 5.73 Å². The van der Waals surface area contributed by atoms with Gasteiger partial charge in [-0.3, -0.25) is 4.98 Å². The minimum atomic E-state index is -0.0184. The molecule has 2 atom stereocenters. The Kier molecular flexibility index (Phi) is 4.21. The molecule has 1 aromatic heterocycles. The van der Waals surface area contributed by atoms with Crippen molar-refractivity contribution in [2.24, 2.45) is 11.7 Å². The first-order valence-electron chi connectivity index (χ1n) is 6.52. The van der Waals surface area contributed by atoms with E-state index in [1.807, 2.05) is 12.4 Å². The zero-order valence-corrected chi connectivity index (χ0v) is 12.0. The molecule has 1 aliphatic carbocycles. The van der Waals surface area contributed by atoms with Gasteiger partial charge in [-0.1, -0.05) is 26.2 Å². The highest BCUT2D eigenvalue weighted by Gasteiger charge is 2.35. The van der Waals surface area contributed by atoms with Gasteiger partial charge in [-0.05, 0) is 52.7 Å². The molecule has 0 spiro atoms. The molecule has 3 heteroatoms. The molecule has 0 aliphatic heterocycles. The highest BCUT2D eigenvalue weighted by Crippen LogP contribution is 2.36. The average Bonchev–Trinajstić information content (AvgIpc) is 2.29. The number of halogens is 1. The van der Waals surface area contributed by atoms with Crippen LogP contribution in [0.25, 0.3) is 0 Å². The monoisotopic (exact) mass is 296 g/mol. The van der Waals surface area contributed by atoms with Crippen molar-refractivity contribution in [3.63, 3.8) is 0 Å². The molecule has 1 heterocycles. The number of nitrogens with two attached hydrogens (primary N) is 1. The molecule has 2 unspecified atom stereocenters. The highest BCUT2D eigenvalue weighted by molar-refractivity contribution is 9.10. The first kappa shape index (κ1) is 13.0. The van der Waals surface area contributed by atoms with Crippen molar-refractivity contribution in [2.75, 3.05) is 0 Å². The van der Waals surface area contributed by atoms with Crippen molar-refractivity contribution in [1.82, 2.24) is 4.98 Å². The van der Waals surface area contributed by atoms with E-state index in [-0.39, 0.29) is 5.54 Å². The zero-order chi connectivity index (χ0) is 12.3. The number of hydrogen-bond donors (Lipinski definition) is 1. The molecule has 0 bridgehead atoms. The van der Waals surface area contributed by atoms with Gasteiger partial charge in [0.25, 0.3) is 0 Å². The van der Waals surface area contributed by atoms with Gasteiger partial charge in [0.1, 0.15) is 0 Å². The number of pyridine rings is 1. The van der Waals surface area contributed by atoms with Gasteiger partial charge < -0.3 is 5.73 Å². The summed E-state index contributed by atoms with van der Waals surface area (Å²) in [6, 6.07) is 2.14. The van der Waals surface area contributed by atoms with Gasteiger partial charge in [-0.25, -0.2) is 0 Å². The molecule has 1 aliphatic rings. The second-order valence-electron chi connectivity index (χ2n) is 5.27. The average molecular weight is 297 g/mol. The SMILES string of the molecule is CCC1CCCCC1(N)Cc1cncc(Br)c1. The lowest BCUT2D eigenvalue weighted by Crippen LogP contribution is -2.50. The Morgan fingerprint density at radius 1 is 1.47 bits per heavy atom. The summed E-state index contributed by atoms with van der Waals surface area (Å²) in [5.74, 6) is 0.662. The van der Waals surface area contributed by atoms with Crippen molar-refractivity contribution in [1.29, 1.82) is 0 Å². The molecule has 94 valence electrons. The minimum absolute atomic E-state index is 0.0184. The summed E-state index contributed by atoms with van der Waals surface area (Å²) in [4.78, 5) is 4.23. The maximum atomic E-state index is 6.65. The number of rotatable bonds is 3. The van der Waals surface area contributed by atoms with Crippen LogP contribution in [0.3, 0.4) is 0 Å². The fraction of sp³-hybridized carbons (Fsp3) is 0.643. The number of nitrogens with zero attached hydrogens (tertiary/aromatic N) is 1. The van der Waals surface area contributed by atoms with E-state index in [0.717, 1.165) is 17.3 Å². The third kappa shape index (κ3) is 3.08. The molecule has 1 fully saturated rings. The minimum Gasteiger partial charge on any atom is -0.325 e. The van der Waals surface area contributed by atoms with E-state index < -0.39 is 0 Å². The molecule has 0 saturated heterocycles. The van der Waals surface area contributed by atoms with Crippen LogP contribution in [0.1, 0.15) is 44.6 Å². The summed E-state index contributed by atoms with van der Waals surface area (Å²) < 4.78 is 1.04. The van der Waals surface area contributed by atoms with Crippen molar-refractivity contribution >= 4 is 15.9 Å². The third-order valence-corrected chi connectivity index (χ3v) is 4.48. The standard InChI is InChI=1S/C14H21BrN2/c1-2-12-5-3-4-6-14(12,16)8-11-7-13(15)10-17-9-11/h7,9-10,12H,2-6,8,16H2,1H3. The molecular formula is C14H21BrN2. The van der Waals surface area contributed by atoms with E-state index in [0.29, 0.717) is 5.92 Å². The summed E-state index contributed by atoms with van der Waals surface area (Å²) in [7, 11) is 0. The fourth-order valence-corrected chi connectivity index (χ4v) is 3.52. The molecule has 17 heavy (non-hydrogen) atoms. The Morgan fingerprint density at radius 2 is 2.29 bits per heavy atom. The van der Waals surface area contributed by atoms with E-state index in [1.165, 1.54) is 31.2 Å². The zero-order valence-electron chi connectivity index (χ0n) is 10.5. The summed E-state index contributed by atoms with van der Waals surface area (Å²) >= 11 is 3.47. The Hall–Kier alpha value is -0.410. The quantitative estimate of drug-likeness (QED) is 0.924. The molecule has 0 radical (unpaired) electrons. The molecule has 1 aromatic rings. The van der Waals surface area contributed by atoms with Crippen molar-refractivity contribution in [3.8, 4) is 0 Å². The second-order valence-corrected chi connectivity index (χ2v) is 6.19. The van der Waals surface area contributed by atoms with E-state index in [2.05, 4.69) is 33.9 Å². The first-order chi connectivity index (χ1) is 8.14. The Morgan fingerprint density at radius 3 is 3.00 bits per heavy atom. The Labute approximate surface area is 112 Å². The lowest BCUT2D eigenvalue weighted by molar-refractivity contribution is 0.182. The van der Waals surface area contributed by atoms with Crippen LogP contribution in [0.2, 0.25) is 0 Å². The van der Waals surface area contributed by atoms with E-state index in [9.17, 15) is 0 Å². The Balaban J connectivity index is 2.14. The van der Waals surface area contributed by atoms with Crippen molar-refractivity contribution in [3.05, 3.63) is 28.5 Å². The van der Waals surface area contributed by atoms with Gasteiger partial charge >= 0.3 is 0 Å². The number of aromatic nitrogens is 1.